The summed E-state index contributed by atoms with van der Waals surface area (Å²) in [4.78, 5) is 24.0. The highest BCUT2D eigenvalue weighted by Crippen LogP contribution is 2.38. The molecule has 0 saturated carbocycles. The van der Waals surface area contributed by atoms with Gasteiger partial charge in [-0.05, 0) is 19.1 Å². The molecule has 0 atom stereocenters. The molecular formula is C23H20N2O7. The van der Waals surface area contributed by atoms with Gasteiger partial charge < -0.3 is 23.9 Å². The van der Waals surface area contributed by atoms with E-state index in [0.717, 1.165) is 10.8 Å². The van der Waals surface area contributed by atoms with Crippen molar-refractivity contribution in [1.82, 2.24) is 0 Å². The van der Waals surface area contributed by atoms with Crippen LogP contribution in [0.5, 0.6) is 17.2 Å². The Morgan fingerprint density at radius 2 is 1.75 bits per heavy atom. The maximum absolute atomic E-state index is 13.1. The summed E-state index contributed by atoms with van der Waals surface area (Å²) in [6.07, 6.45) is 0. The van der Waals surface area contributed by atoms with Crippen LogP contribution >= 0.6 is 0 Å². The topological polar surface area (TPSA) is 113 Å². The zero-order valence-electron chi connectivity index (χ0n) is 17.6. The molecule has 0 fully saturated rings. The molecule has 1 aromatic heterocycles. The summed E-state index contributed by atoms with van der Waals surface area (Å²) in [7, 11) is 2.84. The summed E-state index contributed by atoms with van der Waals surface area (Å²) in [6.45, 7) is 2.06. The number of carbonyl (C=O) groups is 1. The fourth-order valence-corrected chi connectivity index (χ4v) is 3.52. The highest BCUT2D eigenvalue weighted by molar-refractivity contribution is 6.11. The third-order valence-corrected chi connectivity index (χ3v) is 4.97. The van der Waals surface area contributed by atoms with Crippen LogP contribution in [-0.4, -0.2) is 31.7 Å². The number of amides is 1. The minimum atomic E-state index is -0.700. The van der Waals surface area contributed by atoms with E-state index in [0.29, 0.717) is 29.2 Å². The summed E-state index contributed by atoms with van der Waals surface area (Å²) in [5.74, 6) is 0.0782. The number of carbonyl (C=O) groups excluding carboxylic acids is 1. The Labute approximate surface area is 182 Å². The van der Waals surface area contributed by atoms with E-state index in [1.54, 1.807) is 19.1 Å². The van der Waals surface area contributed by atoms with E-state index >= 15 is 0 Å². The van der Waals surface area contributed by atoms with Gasteiger partial charge in [-0.2, -0.15) is 0 Å². The highest BCUT2D eigenvalue weighted by atomic mass is 16.6. The SMILES string of the molecule is CCOc1cc(C(=O)Nc2cc3oc4ccccc4c3cc2OC)c([N+](=O)[O-])cc1OC. The zero-order chi connectivity index (χ0) is 22.8. The average Bonchev–Trinajstić information content (AvgIpc) is 3.15. The van der Waals surface area contributed by atoms with Crippen molar-refractivity contribution < 1.29 is 28.3 Å². The molecule has 4 aromatic rings. The van der Waals surface area contributed by atoms with Crippen LogP contribution in [0.15, 0.2) is 52.9 Å². The van der Waals surface area contributed by atoms with Crippen LogP contribution in [0, 0.1) is 10.1 Å². The molecule has 3 aromatic carbocycles. The Bertz CT molecular complexity index is 1340. The molecule has 0 radical (unpaired) electrons. The molecule has 32 heavy (non-hydrogen) atoms. The van der Waals surface area contributed by atoms with Crippen LogP contribution in [0.4, 0.5) is 11.4 Å². The molecule has 0 spiro atoms. The number of benzene rings is 3. The molecule has 9 heteroatoms. The number of ether oxygens (including phenoxy) is 3. The number of nitro groups is 1. The Hall–Kier alpha value is -4.27. The lowest BCUT2D eigenvalue weighted by molar-refractivity contribution is -0.385. The summed E-state index contributed by atoms with van der Waals surface area (Å²) < 4.78 is 22.0. The number of nitrogens with zero attached hydrogens (tertiary/aromatic N) is 1. The number of rotatable bonds is 7. The summed E-state index contributed by atoms with van der Waals surface area (Å²) in [5.41, 5.74) is 0.964. The van der Waals surface area contributed by atoms with Crippen molar-refractivity contribution in [3.63, 3.8) is 0 Å². The van der Waals surface area contributed by atoms with Crippen LogP contribution in [-0.2, 0) is 0 Å². The fraction of sp³-hybridized carbons (Fsp3) is 0.174. The van der Waals surface area contributed by atoms with Gasteiger partial charge in [0.2, 0.25) is 0 Å². The molecule has 0 aliphatic rings. The lowest BCUT2D eigenvalue weighted by atomic mass is 10.1. The maximum atomic E-state index is 13.1. The molecule has 0 aliphatic heterocycles. The van der Waals surface area contributed by atoms with E-state index < -0.39 is 16.5 Å². The molecule has 4 rings (SSSR count). The zero-order valence-corrected chi connectivity index (χ0v) is 17.6. The number of anilines is 1. The second-order valence-corrected chi connectivity index (χ2v) is 6.81. The van der Waals surface area contributed by atoms with Crippen molar-refractivity contribution in [2.75, 3.05) is 26.1 Å². The Morgan fingerprint density at radius 3 is 2.44 bits per heavy atom. The van der Waals surface area contributed by atoms with E-state index in [4.69, 9.17) is 18.6 Å². The standard InChI is InChI=1S/C23H20N2O7/c1-4-31-22-10-15(17(25(27)28)12-21(22)30-3)23(26)24-16-11-19-14(9-20(16)29-2)13-7-5-6-8-18(13)32-19/h5-12H,4H2,1-3H3,(H,24,26). The number of hydrogen-bond donors (Lipinski definition) is 1. The smallest absolute Gasteiger partial charge is 0.286 e. The second-order valence-electron chi connectivity index (χ2n) is 6.81. The molecular weight excluding hydrogens is 416 g/mol. The predicted molar refractivity (Wildman–Crippen MR) is 119 cm³/mol. The monoisotopic (exact) mass is 436 g/mol. The average molecular weight is 436 g/mol. The lowest BCUT2D eigenvalue weighted by Crippen LogP contribution is -2.15. The number of nitro benzene ring substituents is 1. The van der Waals surface area contributed by atoms with Crippen molar-refractivity contribution in [1.29, 1.82) is 0 Å². The first-order chi connectivity index (χ1) is 15.5. The molecule has 1 heterocycles. The van der Waals surface area contributed by atoms with Crippen LogP contribution in [0.3, 0.4) is 0 Å². The number of para-hydroxylation sites is 1. The number of fused-ring (bicyclic) bond motifs is 3. The van der Waals surface area contributed by atoms with Gasteiger partial charge in [0.25, 0.3) is 11.6 Å². The van der Waals surface area contributed by atoms with Crippen LogP contribution in [0.1, 0.15) is 17.3 Å². The van der Waals surface area contributed by atoms with E-state index in [-0.39, 0.29) is 17.1 Å². The van der Waals surface area contributed by atoms with Gasteiger partial charge in [-0.25, -0.2) is 0 Å². The number of hydrogen-bond acceptors (Lipinski definition) is 7. The molecule has 0 saturated heterocycles. The third-order valence-electron chi connectivity index (χ3n) is 4.97. The first-order valence-corrected chi connectivity index (χ1v) is 9.76. The van der Waals surface area contributed by atoms with Gasteiger partial charge in [-0.3, -0.25) is 14.9 Å². The van der Waals surface area contributed by atoms with Crippen LogP contribution < -0.4 is 19.5 Å². The molecule has 0 aliphatic carbocycles. The summed E-state index contributed by atoms with van der Waals surface area (Å²) >= 11 is 0. The van der Waals surface area contributed by atoms with E-state index in [9.17, 15) is 14.9 Å². The Balaban J connectivity index is 1.78. The lowest BCUT2D eigenvalue weighted by Gasteiger charge is -2.13. The van der Waals surface area contributed by atoms with Gasteiger partial charge in [0.15, 0.2) is 11.5 Å². The minimum Gasteiger partial charge on any atom is -0.495 e. The second kappa shape index (κ2) is 8.46. The van der Waals surface area contributed by atoms with Crippen molar-refractivity contribution in [3.05, 3.63) is 64.2 Å². The van der Waals surface area contributed by atoms with Crippen molar-refractivity contribution in [3.8, 4) is 17.2 Å². The fourth-order valence-electron chi connectivity index (χ4n) is 3.52. The third kappa shape index (κ3) is 3.64. The largest absolute Gasteiger partial charge is 0.495 e. The summed E-state index contributed by atoms with van der Waals surface area (Å²) in [5, 5.41) is 16.0. The van der Waals surface area contributed by atoms with Gasteiger partial charge in [-0.1, -0.05) is 18.2 Å². The minimum absolute atomic E-state index is 0.163. The number of furan rings is 1. The predicted octanol–water partition coefficient (Wildman–Crippen LogP) is 5.16. The summed E-state index contributed by atoms with van der Waals surface area (Å²) in [6, 6.07) is 13.4. The Morgan fingerprint density at radius 1 is 1.00 bits per heavy atom. The van der Waals surface area contributed by atoms with Gasteiger partial charge >= 0.3 is 0 Å². The van der Waals surface area contributed by atoms with E-state index in [1.807, 2.05) is 24.3 Å². The van der Waals surface area contributed by atoms with Crippen LogP contribution in [0.2, 0.25) is 0 Å². The van der Waals surface area contributed by atoms with Gasteiger partial charge in [0.1, 0.15) is 22.5 Å². The van der Waals surface area contributed by atoms with Gasteiger partial charge in [0, 0.05) is 22.9 Å². The normalized spacial score (nSPS) is 10.8. The molecule has 9 nitrogen and oxygen atoms in total. The van der Waals surface area contributed by atoms with E-state index in [1.165, 1.54) is 26.4 Å². The van der Waals surface area contributed by atoms with Gasteiger partial charge in [0.05, 0.1) is 37.5 Å². The molecule has 0 bridgehead atoms. The maximum Gasteiger partial charge on any atom is 0.286 e. The first kappa shape index (κ1) is 21.0. The molecule has 0 unspecified atom stereocenters. The quantitative estimate of drug-likeness (QED) is 0.314. The van der Waals surface area contributed by atoms with Crippen molar-refractivity contribution >= 4 is 39.2 Å². The highest BCUT2D eigenvalue weighted by Gasteiger charge is 2.26. The Kier molecular flexibility index (Phi) is 5.55. The van der Waals surface area contributed by atoms with E-state index in [2.05, 4.69) is 5.32 Å². The number of nitrogens with one attached hydrogen (secondary N) is 1. The number of methoxy groups -OCH3 is 2. The van der Waals surface area contributed by atoms with Crippen LogP contribution in [0.25, 0.3) is 21.9 Å². The molecule has 1 N–H and O–H groups in total. The van der Waals surface area contributed by atoms with Gasteiger partial charge in [-0.15, -0.1) is 0 Å². The van der Waals surface area contributed by atoms with Crippen molar-refractivity contribution in [2.24, 2.45) is 0 Å². The molecule has 1 amide bonds. The van der Waals surface area contributed by atoms with Crippen molar-refractivity contribution in [2.45, 2.75) is 6.92 Å². The first-order valence-electron chi connectivity index (χ1n) is 9.76. The molecule has 164 valence electrons.